The summed E-state index contributed by atoms with van der Waals surface area (Å²) in [4.78, 5) is 34.7. The maximum absolute atomic E-state index is 13.7. The van der Waals surface area contributed by atoms with Crippen LogP contribution in [0.3, 0.4) is 0 Å². The molecule has 0 atom stereocenters. The fourth-order valence-corrected chi connectivity index (χ4v) is 3.49. The third kappa shape index (κ3) is 3.91. The van der Waals surface area contributed by atoms with Crippen molar-refractivity contribution in [2.45, 2.75) is 44.2 Å². The van der Waals surface area contributed by atoms with Crippen LogP contribution in [0.2, 0.25) is 0 Å². The van der Waals surface area contributed by atoms with Crippen LogP contribution in [0.1, 0.15) is 39.0 Å². The van der Waals surface area contributed by atoms with Gasteiger partial charge in [0.25, 0.3) is 0 Å². The Morgan fingerprint density at radius 3 is 1.75 bits per heavy atom. The molecule has 0 aromatic carbocycles. The predicted octanol–water partition coefficient (Wildman–Crippen LogP) is 1.94. The van der Waals surface area contributed by atoms with Crippen LogP contribution in [0, 0.1) is 0 Å². The van der Waals surface area contributed by atoms with E-state index >= 15 is 0 Å². The Morgan fingerprint density at radius 2 is 1.44 bits per heavy atom. The van der Waals surface area contributed by atoms with Gasteiger partial charge in [-0.1, -0.05) is 26.2 Å². The van der Waals surface area contributed by atoms with Gasteiger partial charge in [0.05, 0.1) is 0 Å². The largest absolute Gasteiger partial charge is 0.375 e. The summed E-state index contributed by atoms with van der Waals surface area (Å²) in [7, 11) is -11.0. The van der Waals surface area contributed by atoms with Crippen molar-refractivity contribution in [1.29, 1.82) is 0 Å². The van der Waals surface area contributed by atoms with Gasteiger partial charge in [-0.15, -0.1) is 0 Å². The van der Waals surface area contributed by atoms with E-state index in [2.05, 4.69) is 0 Å². The van der Waals surface area contributed by atoms with Crippen LogP contribution >= 0.6 is 15.2 Å². The van der Waals surface area contributed by atoms with Crippen molar-refractivity contribution in [3.63, 3.8) is 0 Å². The molecule has 0 aromatic rings. The van der Waals surface area contributed by atoms with Crippen LogP contribution in [0.4, 0.5) is 4.39 Å². The molecule has 0 amide bonds. The average Bonchev–Trinajstić information content (AvgIpc) is 2.08. The first-order valence-corrected chi connectivity index (χ1v) is 8.09. The molecule has 0 saturated heterocycles. The average molecular weight is 278 g/mol. The van der Waals surface area contributed by atoms with E-state index in [9.17, 15) is 13.5 Å². The van der Waals surface area contributed by atoms with Gasteiger partial charge in [0, 0.05) is 6.42 Å². The van der Waals surface area contributed by atoms with E-state index in [1.54, 1.807) is 0 Å². The van der Waals surface area contributed by atoms with E-state index in [0.29, 0.717) is 6.42 Å². The normalized spacial score (nSPS) is 14.1. The van der Waals surface area contributed by atoms with Crippen molar-refractivity contribution in [3.8, 4) is 0 Å². The molecule has 0 saturated carbocycles. The molecule has 0 fully saturated rings. The zero-order valence-corrected chi connectivity index (χ0v) is 10.7. The van der Waals surface area contributed by atoms with Gasteiger partial charge in [-0.05, 0) is 6.42 Å². The molecule has 98 valence electrons. The molecule has 16 heavy (non-hydrogen) atoms. The number of halogens is 1. The summed E-state index contributed by atoms with van der Waals surface area (Å²) < 4.78 is 35.3. The van der Waals surface area contributed by atoms with Crippen molar-refractivity contribution in [2.24, 2.45) is 0 Å². The Hall–Kier alpha value is 0.230. The molecule has 0 bridgehead atoms. The summed E-state index contributed by atoms with van der Waals surface area (Å²) in [5, 5.41) is -3.74. The highest BCUT2D eigenvalue weighted by atomic mass is 31.2. The van der Waals surface area contributed by atoms with Gasteiger partial charge in [-0.2, -0.15) is 0 Å². The molecule has 0 heterocycles. The Bertz CT molecular complexity index is 286. The van der Waals surface area contributed by atoms with Gasteiger partial charge in [0.1, 0.15) is 0 Å². The van der Waals surface area contributed by atoms with Crippen molar-refractivity contribution in [3.05, 3.63) is 0 Å². The van der Waals surface area contributed by atoms with Gasteiger partial charge in [0.15, 0.2) is 0 Å². The zero-order valence-electron chi connectivity index (χ0n) is 8.91. The van der Waals surface area contributed by atoms with E-state index in [-0.39, 0.29) is 6.42 Å². The minimum Gasteiger partial charge on any atom is -0.322 e. The van der Waals surface area contributed by atoms with E-state index in [1.165, 1.54) is 0 Å². The highest BCUT2D eigenvalue weighted by Crippen LogP contribution is 2.71. The predicted molar refractivity (Wildman–Crippen MR) is 56.7 cm³/mol. The molecule has 0 aliphatic heterocycles. The molecule has 6 nitrogen and oxygen atoms in total. The molecule has 0 aliphatic rings. The van der Waals surface area contributed by atoms with E-state index in [0.717, 1.165) is 12.8 Å². The van der Waals surface area contributed by atoms with Crippen LogP contribution in [-0.4, -0.2) is 24.7 Å². The summed E-state index contributed by atoms with van der Waals surface area (Å²) in [5.41, 5.74) is 0. The van der Waals surface area contributed by atoms with Gasteiger partial charge in [-0.25, -0.2) is 4.39 Å². The first-order valence-electron chi connectivity index (χ1n) is 4.86. The lowest BCUT2D eigenvalue weighted by atomic mass is 10.2. The third-order valence-electron chi connectivity index (χ3n) is 2.24. The second kappa shape index (κ2) is 5.71. The first kappa shape index (κ1) is 16.2. The fraction of sp³-hybridized carbons (Fsp3) is 1.00. The molecular formula is C7H17FO6P2. The molecule has 0 unspecified atom stereocenters. The van der Waals surface area contributed by atoms with E-state index in [4.69, 9.17) is 19.6 Å². The van der Waals surface area contributed by atoms with Crippen LogP contribution < -0.4 is 0 Å². The van der Waals surface area contributed by atoms with Crippen LogP contribution in [0.5, 0.6) is 0 Å². The first-order chi connectivity index (χ1) is 7.06. The molecule has 4 N–H and O–H groups in total. The van der Waals surface area contributed by atoms with Crippen molar-refractivity contribution in [2.75, 3.05) is 0 Å². The molecule has 0 rings (SSSR count). The number of hydrogen-bond donors (Lipinski definition) is 4. The van der Waals surface area contributed by atoms with Crippen LogP contribution in [0.25, 0.3) is 0 Å². The summed E-state index contributed by atoms with van der Waals surface area (Å²) in [6.45, 7) is 1.88. The molecule has 9 heteroatoms. The van der Waals surface area contributed by atoms with Crippen molar-refractivity contribution >= 4 is 15.2 Å². The lowest BCUT2D eigenvalue weighted by Gasteiger charge is -2.26. The third-order valence-corrected chi connectivity index (χ3v) is 6.04. The Balaban J connectivity index is 4.73. The monoisotopic (exact) mass is 278 g/mol. The quantitative estimate of drug-likeness (QED) is 0.418. The lowest BCUT2D eigenvalue weighted by Crippen LogP contribution is -2.23. The Kier molecular flexibility index (Phi) is 5.80. The summed E-state index contributed by atoms with van der Waals surface area (Å²) in [6, 6.07) is 0. The van der Waals surface area contributed by atoms with Gasteiger partial charge >= 0.3 is 20.3 Å². The highest BCUT2D eigenvalue weighted by Gasteiger charge is 2.60. The second-order valence-electron chi connectivity index (χ2n) is 3.62. The number of rotatable bonds is 7. The van der Waals surface area contributed by atoms with Gasteiger partial charge in [-0.3, -0.25) is 9.13 Å². The molecule has 0 spiro atoms. The van der Waals surface area contributed by atoms with Crippen LogP contribution in [-0.2, 0) is 9.13 Å². The molecule has 0 radical (unpaired) electrons. The smallest absolute Gasteiger partial charge is 0.322 e. The molecule has 0 aromatic heterocycles. The SMILES string of the molecule is CCCCCCC(F)(P(=O)(O)O)P(=O)(O)O. The summed E-state index contributed by atoms with van der Waals surface area (Å²) in [6.07, 6.45) is 1.22. The maximum Gasteiger partial charge on any atom is 0.375 e. The zero-order chi connectivity index (χ0) is 13.0. The van der Waals surface area contributed by atoms with Crippen LogP contribution in [0.15, 0.2) is 0 Å². The van der Waals surface area contributed by atoms with E-state index < -0.39 is 26.8 Å². The van der Waals surface area contributed by atoms with Crippen molar-refractivity contribution < 1.29 is 33.1 Å². The lowest BCUT2D eigenvalue weighted by molar-refractivity contribution is 0.210. The van der Waals surface area contributed by atoms with E-state index in [1.807, 2.05) is 6.92 Å². The minimum atomic E-state index is -5.49. The Morgan fingerprint density at radius 1 is 1.00 bits per heavy atom. The fourth-order valence-electron chi connectivity index (χ4n) is 1.24. The van der Waals surface area contributed by atoms with Gasteiger partial charge < -0.3 is 19.6 Å². The molecule has 0 aliphatic carbocycles. The van der Waals surface area contributed by atoms with Gasteiger partial charge in [0.2, 0.25) is 0 Å². The summed E-state index contributed by atoms with van der Waals surface area (Å²) >= 11 is 0. The summed E-state index contributed by atoms with van der Waals surface area (Å²) in [5.74, 6) is 0. The standard InChI is InChI=1S/C7H17FO6P2/c1-2-3-4-5-6-7(8,15(9,10)11)16(12,13)14/h2-6H2,1H3,(H2,9,10,11)(H2,12,13,14). The number of hydrogen-bond acceptors (Lipinski definition) is 2. The highest BCUT2D eigenvalue weighted by molar-refractivity contribution is 7.72. The Labute approximate surface area is 93.2 Å². The van der Waals surface area contributed by atoms with Crippen molar-refractivity contribution in [1.82, 2.24) is 0 Å². The maximum atomic E-state index is 13.7. The number of unbranched alkanes of at least 4 members (excludes halogenated alkanes) is 3. The molecular weight excluding hydrogens is 261 g/mol. The minimum absolute atomic E-state index is 0.0283. The topological polar surface area (TPSA) is 115 Å². The second-order valence-corrected chi connectivity index (χ2v) is 7.56. The number of alkyl halides is 1.